The minimum absolute atomic E-state index is 0.0325. The average Bonchev–Trinajstić information content (AvgIpc) is 2.83. The van der Waals surface area contributed by atoms with Gasteiger partial charge in [0.1, 0.15) is 0 Å². The second-order valence-electron chi connectivity index (χ2n) is 6.03. The van der Waals surface area contributed by atoms with E-state index in [2.05, 4.69) is 33.0 Å². The normalized spacial score (nSPS) is 19.8. The summed E-state index contributed by atoms with van der Waals surface area (Å²) in [6, 6.07) is 0.572. The van der Waals surface area contributed by atoms with Gasteiger partial charge in [-0.2, -0.15) is 0 Å². The largest absolute Gasteiger partial charge is 0.374 e. The fraction of sp³-hybridized carbons (Fsp3) is 1.00. The Morgan fingerprint density at radius 3 is 2.41 bits per heavy atom. The van der Waals surface area contributed by atoms with Crippen LogP contribution in [0.2, 0.25) is 0 Å². The molecule has 102 valence electrons. The van der Waals surface area contributed by atoms with Crippen molar-refractivity contribution in [3.8, 4) is 0 Å². The number of hydrogen-bond donors (Lipinski definition) is 1. The fourth-order valence-corrected chi connectivity index (χ4v) is 2.47. The summed E-state index contributed by atoms with van der Waals surface area (Å²) in [6.45, 7) is 10.8. The number of nitrogens with one attached hydrogen (secondary N) is 1. The van der Waals surface area contributed by atoms with Gasteiger partial charge in [-0.1, -0.05) is 26.7 Å². The van der Waals surface area contributed by atoms with Gasteiger partial charge < -0.3 is 10.1 Å². The van der Waals surface area contributed by atoms with E-state index in [-0.39, 0.29) is 5.60 Å². The van der Waals surface area contributed by atoms with Crippen LogP contribution >= 0.6 is 0 Å². The summed E-state index contributed by atoms with van der Waals surface area (Å²) in [5.41, 5.74) is 0.0325. The van der Waals surface area contributed by atoms with Crippen LogP contribution < -0.4 is 5.32 Å². The maximum Gasteiger partial charge on any atom is 0.0629 e. The topological polar surface area (TPSA) is 21.3 Å². The van der Waals surface area contributed by atoms with E-state index in [0.717, 1.165) is 25.5 Å². The van der Waals surface area contributed by atoms with Crippen molar-refractivity contribution in [3.05, 3.63) is 0 Å². The van der Waals surface area contributed by atoms with Crippen LogP contribution in [0.25, 0.3) is 0 Å². The van der Waals surface area contributed by atoms with Crippen molar-refractivity contribution in [1.29, 1.82) is 0 Å². The molecular formula is C15H31NO. The molecule has 1 aliphatic carbocycles. The number of ether oxygens (including phenoxy) is 1. The molecule has 1 fully saturated rings. The summed E-state index contributed by atoms with van der Waals surface area (Å²) in [4.78, 5) is 0. The van der Waals surface area contributed by atoms with Gasteiger partial charge in [0.15, 0.2) is 0 Å². The maximum absolute atomic E-state index is 6.09. The molecule has 0 spiro atoms. The highest BCUT2D eigenvalue weighted by atomic mass is 16.5. The zero-order valence-corrected chi connectivity index (χ0v) is 12.2. The molecule has 1 atom stereocenters. The van der Waals surface area contributed by atoms with E-state index in [1.54, 1.807) is 0 Å². The van der Waals surface area contributed by atoms with E-state index in [4.69, 9.17) is 4.74 Å². The van der Waals surface area contributed by atoms with Crippen LogP contribution in [0, 0.1) is 5.92 Å². The summed E-state index contributed by atoms with van der Waals surface area (Å²) in [7, 11) is 0. The van der Waals surface area contributed by atoms with Gasteiger partial charge in [0.25, 0.3) is 0 Å². The number of rotatable bonds is 8. The molecule has 1 saturated carbocycles. The van der Waals surface area contributed by atoms with Gasteiger partial charge in [-0.05, 0) is 52.0 Å². The summed E-state index contributed by atoms with van der Waals surface area (Å²) >= 11 is 0. The Labute approximate surface area is 108 Å². The van der Waals surface area contributed by atoms with Crippen LogP contribution in [0.3, 0.4) is 0 Å². The lowest BCUT2D eigenvalue weighted by Crippen LogP contribution is -2.42. The Morgan fingerprint density at radius 2 is 1.88 bits per heavy atom. The minimum Gasteiger partial charge on any atom is -0.374 e. The van der Waals surface area contributed by atoms with Gasteiger partial charge >= 0.3 is 0 Å². The first-order valence-corrected chi connectivity index (χ1v) is 7.46. The molecule has 0 aromatic heterocycles. The average molecular weight is 241 g/mol. The first kappa shape index (κ1) is 15.0. The first-order valence-electron chi connectivity index (χ1n) is 7.46. The van der Waals surface area contributed by atoms with Crippen molar-refractivity contribution < 1.29 is 4.74 Å². The van der Waals surface area contributed by atoms with E-state index in [1.165, 1.54) is 32.1 Å². The van der Waals surface area contributed by atoms with Gasteiger partial charge in [-0.3, -0.25) is 0 Å². The van der Waals surface area contributed by atoms with Crippen molar-refractivity contribution in [2.24, 2.45) is 5.92 Å². The van der Waals surface area contributed by atoms with E-state index >= 15 is 0 Å². The molecule has 1 unspecified atom stereocenters. The van der Waals surface area contributed by atoms with Crippen LogP contribution in [-0.2, 0) is 4.74 Å². The molecule has 1 aliphatic rings. The molecule has 0 aliphatic heterocycles. The Bertz CT molecular complexity index is 197. The van der Waals surface area contributed by atoms with E-state index in [0.29, 0.717) is 6.04 Å². The molecular weight excluding hydrogens is 210 g/mol. The Balaban J connectivity index is 2.39. The zero-order chi connectivity index (χ0) is 12.7. The molecule has 2 heteroatoms. The van der Waals surface area contributed by atoms with Gasteiger partial charge in [0, 0.05) is 6.04 Å². The molecule has 17 heavy (non-hydrogen) atoms. The summed E-state index contributed by atoms with van der Waals surface area (Å²) < 4.78 is 6.09. The van der Waals surface area contributed by atoms with Crippen LogP contribution in [0.5, 0.6) is 0 Å². The van der Waals surface area contributed by atoms with Gasteiger partial charge in [0.05, 0.1) is 12.2 Å². The summed E-state index contributed by atoms with van der Waals surface area (Å²) in [5, 5.41) is 3.68. The summed E-state index contributed by atoms with van der Waals surface area (Å²) in [6.07, 6.45) is 7.88. The van der Waals surface area contributed by atoms with Crippen molar-refractivity contribution >= 4 is 0 Å². The van der Waals surface area contributed by atoms with E-state index in [1.807, 2.05) is 0 Å². The molecule has 0 amide bonds. The Kier molecular flexibility index (Phi) is 6.50. The highest BCUT2D eigenvalue weighted by Crippen LogP contribution is 2.28. The number of hydrogen-bond acceptors (Lipinski definition) is 2. The van der Waals surface area contributed by atoms with Crippen LogP contribution in [-0.4, -0.2) is 24.8 Å². The second-order valence-corrected chi connectivity index (χ2v) is 6.03. The molecule has 2 nitrogen and oxygen atoms in total. The van der Waals surface area contributed by atoms with Crippen molar-refractivity contribution in [3.63, 3.8) is 0 Å². The standard InChI is InChI=1S/C15H31NO/c1-5-11-16-14(13-9-7-8-10-13)12-17-15(3,4)6-2/h13-14,16H,5-12H2,1-4H3. The molecule has 1 rings (SSSR count). The lowest BCUT2D eigenvalue weighted by Gasteiger charge is -2.30. The first-order chi connectivity index (χ1) is 8.09. The molecule has 0 heterocycles. The monoisotopic (exact) mass is 241 g/mol. The molecule has 0 aromatic rings. The predicted molar refractivity (Wildman–Crippen MR) is 74.4 cm³/mol. The zero-order valence-electron chi connectivity index (χ0n) is 12.2. The fourth-order valence-electron chi connectivity index (χ4n) is 2.47. The molecule has 0 saturated heterocycles. The highest BCUT2D eigenvalue weighted by molar-refractivity contribution is 4.81. The third kappa shape index (κ3) is 5.39. The smallest absolute Gasteiger partial charge is 0.0629 e. The van der Waals surface area contributed by atoms with Crippen molar-refractivity contribution in [2.75, 3.05) is 13.2 Å². The van der Waals surface area contributed by atoms with Crippen LogP contribution in [0.4, 0.5) is 0 Å². The maximum atomic E-state index is 6.09. The quantitative estimate of drug-likeness (QED) is 0.699. The minimum atomic E-state index is 0.0325. The lowest BCUT2D eigenvalue weighted by atomic mass is 9.98. The van der Waals surface area contributed by atoms with E-state index in [9.17, 15) is 0 Å². The van der Waals surface area contributed by atoms with Crippen LogP contribution in [0.15, 0.2) is 0 Å². The third-order valence-corrected chi connectivity index (χ3v) is 4.13. The van der Waals surface area contributed by atoms with Crippen molar-refractivity contribution in [2.45, 2.75) is 77.9 Å². The Hall–Kier alpha value is -0.0800. The predicted octanol–water partition coefficient (Wildman–Crippen LogP) is 3.75. The molecule has 0 aromatic carbocycles. The lowest BCUT2D eigenvalue weighted by molar-refractivity contribution is -0.0369. The van der Waals surface area contributed by atoms with Crippen molar-refractivity contribution in [1.82, 2.24) is 5.32 Å². The molecule has 0 radical (unpaired) electrons. The van der Waals surface area contributed by atoms with Gasteiger partial charge in [0.2, 0.25) is 0 Å². The Morgan fingerprint density at radius 1 is 1.24 bits per heavy atom. The molecule has 0 bridgehead atoms. The second kappa shape index (κ2) is 7.38. The summed E-state index contributed by atoms with van der Waals surface area (Å²) in [5.74, 6) is 0.842. The van der Waals surface area contributed by atoms with Gasteiger partial charge in [-0.15, -0.1) is 0 Å². The van der Waals surface area contributed by atoms with Gasteiger partial charge in [-0.25, -0.2) is 0 Å². The molecule has 1 N–H and O–H groups in total. The third-order valence-electron chi connectivity index (χ3n) is 4.13. The highest BCUT2D eigenvalue weighted by Gasteiger charge is 2.26. The SMILES string of the molecule is CCCNC(COC(C)(C)CC)C1CCCC1. The van der Waals surface area contributed by atoms with Crippen LogP contribution in [0.1, 0.15) is 66.2 Å². The van der Waals surface area contributed by atoms with E-state index < -0.39 is 0 Å².